The molecule has 6 nitrogen and oxygen atoms in total. The lowest BCUT2D eigenvalue weighted by molar-refractivity contribution is 0.139. The van der Waals surface area contributed by atoms with E-state index in [-0.39, 0.29) is 24.0 Å². The van der Waals surface area contributed by atoms with Crippen LogP contribution in [0.2, 0.25) is 0 Å². The summed E-state index contributed by atoms with van der Waals surface area (Å²) in [6.07, 6.45) is 1.20. The van der Waals surface area contributed by atoms with Crippen LogP contribution < -0.4 is 5.32 Å². The Morgan fingerprint density at radius 2 is 1.96 bits per heavy atom. The molecule has 2 aliphatic rings. The summed E-state index contributed by atoms with van der Waals surface area (Å²) >= 11 is 0. The van der Waals surface area contributed by atoms with Crippen LogP contribution in [0.15, 0.2) is 4.99 Å². The second-order valence-corrected chi connectivity index (χ2v) is 7.19. The number of likely N-dealkylation sites (tertiary alicyclic amines) is 1. The summed E-state index contributed by atoms with van der Waals surface area (Å²) in [4.78, 5) is 11.8. The van der Waals surface area contributed by atoms with Crippen LogP contribution >= 0.6 is 24.0 Å². The molecule has 0 radical (unpaired) electrons. The highest BCUT2D eigenvalue weighted by atomic mass is 127. The molecule has 2 fully saturated rings. The largest absolute Gasteiger partial charge is 0.384 e. The molecule has 1 N–H and O–H groups in total. The lowest BCUT2D eigenvalue weighted by Crippen LogP contribution is -2.48. The summed E-state index contributed by atoms with van der Waals surface area (Å²) in [5.74, 6) is 2.32. The van der Waals surface area contributed by atoms with Crippen molar-refractivity contribution in [2.24, 2.45) is 16.8 Å². The SMILES string of the molecule is CN=C(NCC(C)CN1CCN(C)CC1)N1CCC(COC)C1.I. The highest BCUT2D eigenvalue weighted by Gasteiger charge is 2.25. The smallest absolute Gasteiger partial charge is 0.193 e. The second-order valence-electron chi connectivity index (χ2n) is 7.19. The van der Waals surface area contributed by atoms with Gasteiger partial charge in [-0.2, -0.15) is 0 Å². The zero-order valence-electron chi connectivity index (χ0n) is 15.8. The predicted octanol–water partition coefficient (Wildman–Crippen LogP) is 1.03. The number of halogens is 1. The van der Waals surface area contributed by atoms with Crippen LogP contribution in [0.3, 0.4) is 0 Å². The van der Waals surface area contributed by atoms with Gasteiger partial charge in [0.15, 0.2) is 5.96 Å². The first-order chi connectivity index (χ1) is 11.1. The molecule has 7 heteroatoms. The minimum absolute atomic E-state index is 0. The minimum atomic E-state index is 0. The number of nitrogens with zero attached hydrogens (tertiary/aromatic N) is 4. The first-order valence-corrected chi connectivity index (χ1v) is 8.97. The highest BCUT2D eigenvalue weighted by Crippen LogP contribution is 2.16. The fourth-order valence-corrected chi connectivity index (χ4v) is 3.53. The summed E-state index contributed by atoms with van der Waals surface area (Å²) in [5, 5.41) is 3.57. The molecular weight excluding hydrogens is 417 g/mol. The Labute approximate surface area is 165 Å². The number of hydrogen-bond donors (Lipinski definition) is 1. The molecule has 0 saturated carbocycles. The number of guanidine groups is 1. The molecule has 2 unspecified atom stereocenters. The number of hydrogen-bond acceptors (Lipinski definition) is 4. The van der Waals surface area contributed by atoms with Crippen molar-refractivity contribution in [1.82, 2.24) is 20.0 Å². The Morgan fingerprint density at radius 3 is 2.58 bits per heavy atom. The van der Waals surface area contributed by atoms with Crippen LogP contribution in [0.4, 0.5) is 0 Å². The number of piperazine rings is 1. The van der Waals surface area contributed by atoms with Gasteiger partial charge in [0.2, 0.25) is 0 Å². The average molecular weight is 453 g/mol. The van der Waals surface area contributed by atoms with Crippen molar-refractivity contribution in [3.8, 4) is 0 Å². The zero-order valence-corrected chi connectivity index (χ0v) is 18.2. The van der Waals surface area contributed by atoms with Gasteiger partial charge in [-0.25, -0.2) is 0 Å². The number of aliphatic imine (C=N–C) groups is 1. The molecule has 0 spiro atoms. The van der Waals surface area contributed by atoms with Crippen LogP contribution in [0.5, 0.6) is 0 Å². The van der Waals surface area contributed by atoms with E-state index in [1.54, 1.807) is 7.11 Å². The van der Waals surface area contributed by atoms with E-state index in [1.807, 2.05) is 7.05 Å². The highest BCUT2D eigenvalue weighted by molar-refractivity contribution is 14.0. The van der Waals surface area contributed by atoms with Crippen molar-refractivity contribution in [3.63, 3.8) is 0 Å². The Bertz CT molecular complexity index is 374. The van der Waals surface area contributed by atoms with Crippen LogP contribution in [0.25, 0.3) is 0 Å². The molecule has 0 amide bonds. The molecule has 2 rings (SSSR count). The fourth-order valence-electron chi connectivity index (χ4n) is 3.53. The lowest BCUT2D eigenvalue weighted by Gasteiger charge is -2.34. The molecule has 2 heterocycles. The van der Waals surface area contributed by atoms with Gasteiger partial charge in [-0.15, -0.1) is 24.0 Å². The molecule has 0 aromatic carbocycles. The average Bonchev–Trinajstić information content (AvgIpc) is 2.99. The van der Waals surface area contributed by atoms with E-state index in [1.165, 1.54) is 39.1 Å². The number of rotatable bonds is 6. The molecule has 0 aromatic heterocycles. The Morgan fingerprint density at radius 1 is 1.25 bits per heavy atom. The van der Waals surface area contributed by atoms with Gasteiger partial charge in [-0.3, -0.25) is 4.99 Å². The van der Waals surface area contributed by atoms with Gasteiger partial charge in [0.05, 0.1) is 6.61 Å². The third kappa shape index (κ3) is 7.01. The van der Waals surface area contributed by atoms with Crippen molar-refractivity contribution in [1.29, 1.82) is 0 Å². The van der Waals surface area contributed by atoms with Crippen molar-refractivity contribution < 1.29 is 4.74 Å². The molecule has 0 aliphatic carbocycles. The van der Waals surface area contributed by atoms with E-state index >= 15 is 0 Å². The van der Waals surface area contributed by atoms with E-state index in [2.05, 4.69) is 39.0 Å². The van der Waals surface area contributed by atoms with Gasteiger partial charge in [0.25, 0.3) is 0 Å². The standard InChI is InChI=1S/C17H35N5O.HI/c1-15(12-21-9-7-20(3)8-10-21)11-19-17(18-2)22-6-5-16(13-22)14-23-4;/h15-16H,5-14H2,1-4H3,(H,18,19);1H. The minimum Gasteiger partial charge on any atom is -0.384 e. The van der Waals surface area contributed by atoms with Crippen molar-refractivity contribution in [3.05, 3.63) is 0 Å². The van der Waals surface area contributed by atoms with E-state index < -0.39 is 0 Å². The topological polar surface area (TPSA) is 43.3 Å². The van der Waals surface area contributed by atoms with Crippen molar-refractivity contribution in [2.45, 2.75) is 13.3 Å². The van der Waals surface area contributed by atoms with Gasteiger partial charge in [0, 0.05) is 72.4 Å². The molecule has 0 aromatic rings. The zero-order chi connectivity index (χ0) is 16.7. The van der Waals surface area contributed by atoms with E-state index in [4.69, 9.17) is 4.74 Å². The van der Waals surface area contributed by atoms with Gasteiger partial charge in [-0.1, -0.05) is 6.92 Å². The summed E-state index contributed by atoms with van der Waals surface area (Å²) in [5.41, 5.74) is 0. The molecule has 0 bridgehead atoms. The summed E-state index contributed by atoms with van der Waals surface area (Å²) in [6.45, 7) is 12.3. The summed E-state index contributed by atoms with van der Waals surface area (Å²) < 4.78 is 5.28. The predicted molar refractivity (Wildman–Crippen MR) is 111 cm³/mol. The van der Waals surface area contributed by atoms with Gasteiger partial charge in [0.1, 0.15) is 0 Å². The number of methoxy groups -OCH3 is 1. The molecular formula is C17H36IN5O. The van der Waals surface area contributed by atoms with E-state index in [0.717, 1.165) is 32.2 Å². The fraction of sp³-hybridized carbons (Fsp3) is 0.941. The summed E-state index contributed by atoms with van der Waals surface area (Å²) in [7, 11) is 5.88. The quantitative estimate of drug-likeness (QED) is 0.370. The third-order valence-electron chi connectivity index (χ3n) is 4.97. The van der Waals surface area contributed by atoms with Crippen LogP contribution in [-0.4, -0.2) is 101 Å². The van der Waals surface area contributed by atoms with E-state index in [9.17, 15) is 0 Å². The normalized spacial score (nSPS) is 24.8. The van der Waals surface area contributed by atoms with Crippen LogP contribution in [0, 0.1) is 11.8 Å². The second kappa shape index (κ2) is 11.5. The Hall–Kier alpha value is -0.120. The van der Waals surface area contributed by atoms with E-state index in [0.29, 0.717) is 11.8 Å². The molecule has 2 atom stereocenters. The number of likely N-dealkylation sites (N-methyl/N-ethyl adjacent to an activating group) is 1. The first kappa shape index (κ1) is 21.9. The molecule has 142 valence electrons. The summed E-state index contributed by atoms with van der Waals surface area (Å²) in [6, 6.07) is 0. The Balaban J connectivity index is 0.00000288. The number of nitrogens with one attached hydrogen (secondary N) is 1. The van der Waals surface area contributed by atoms with Crippen molar-refractivity contribution in [2.75, 3.05) is 80.2 Å². The molecule has 24 heavy (non-hydrogen) atoms. The van der Waals surface area contributed by atoms with Crippen LogP contribution in [-0.2, 0) is 4.74 Å². The molecule has 2 saturated heterocycles. The maximum atomic E-state index is 5.28. The number of ether oxygens (including phenoxy) is 1. The third-order valence-corrected chi connectivity index (χ3v) is 4.97. The maximum absolute atomic E-state index is 5.28. The van der Waals surface area contributed by atoms with Crippen molar-refractivity contribution >= 4 is 29.9 Å². The van der Waals surface area contributed by atoms with Gasteiger partial charge < -0.3 is 24.8 Å². The van der Waals surface area contributed by atoms with Gasteiger partial charge in [-0.05, 0) is 19.4 Å². The molecule has 2 aliphatic heterocycles. The monoisotopic (exact) mass is 453 g/mol. The van der Waals surface area contributed by atoms with Gasteiger partial charge >= 0.3 is 0 Å². The van der Waals surface area contributed by atoms with Crippen LogP contribution in [0.1, 0.15) is 13.3 Å². The first-order valence-electron chi connectivity index (χ1n) is 8.97. The Kier molecular flexibility index (Phi) is 10.5. The maximum Gasteiger partial charge on any atom is 0.193 e. The lowest BCUT2D eigenvalue weighted by atomic mass is 10.1.